The number of esters is 1. The van der Waals surface area contributed by atoms with Crippen LogP contribution in [0, 0.1) is 11.8 Å². The smallest absolute Gasteiger partial charge is 0.340 e. The number of hydrogen-bond donors (Lipinski definition) is 1. The summed E-state index contributed by atoms with van der Waals surface area (Å²) in [5, 5.41) is 3.02. The lowest BCUT2D eigenvalue weighted by molar-refractivity contribution is -0.125. The lowest BCUT2D eigenvalue weighted by atomic mass is 9.78. The Hall–Kier alpha value is -2.17. The van der Waals surface area contributed by atoms with Crippen LogP contribution in [0.4, 0.5) is 5.69 Å². The molecule has 1 amide bonds. The fourth-order valence-corrected chi connectivity index (χ4v) is 6.96. The number of piperidine rings is 1. The van der Waals surface area contributed by atoms with E-state index in [4.69, 9.17) is 9.47 Å². The van der Waals surface area contributed by atoms with E-state index >= 15 is 0 Å². The molecule has 4 rings (SSSR count). The Labute approximate surface area is 214 Å². The van der Waals surface area contributed by atoms with Gasteiger partial charge < -0.3 is 19.7 Å². The van der Waals surface area contributed by atoms with E-state index in [1.165, 1.54) is 10.4 Å². The summed E-state index contributed by atoms with van der Waals surface area (Å²) in [6.45, 7) is 7.09. The molecule has 2 saturated heterocycles. The van der Waals surface area contributed by atoms with Gasteiger partial charge in [-0.05, 0) is 49.3 Å². The Morgan fingerprint density at radius 2 is 1.75 bits per heavy atom. The number of hydrogen-bond acceptors (Lipinski definition) is 7. The number of sulfonamides is 1. The lowest BCUT2D eigenvalue weighted by Gasteiger charge is -2.34. The second kappa shape index (κ2) is 11.9. The van der Waals surface area contributed by atoms with Crippen molar-refractivity contribution >= 4 is 27.6 Å². The Kier molecular flexibility index (Phi) is 8.90. The van der Waals surface area contributed by atoms with Crippen LogP contribution in [0.1, 0.15) is 62.7 Å². The van der Waals surface area contributed by atoms with Crippen molar-refractivity contribution in [3.8, 4) is 0 Å². The van der Waals surface area contributed by atoms with Crippen LogP contribution >= 0.6 is 0 Å². The molecule has 2 heterocycles. The summed E-state index contributed by atoms with van der Waals surface area (Å²) < 4.78 is 38.9. The summed E-state index contributed by atoms with van der Waals surface area (Å²) in [5.74, 6) is -0.137. The van der Waals surface area contributed by atoms with E-state index in [2.05, 4.69) is 19.2 Å². The highest BCUT2D eigenvalue weighted by molar-refractivity contribution is 7.89. The predicted octanol–water partition coefficient (Wildman–Crippen LogP) is 2.80. The molecule has 36 heavy (non-hydrogen) atoms. The number of benzene rings is 1. The fourth-order valence-electron chi connectivity index (χ4n) is 5.42. The first kappa shape index (κ1) is 26.9. The molecular formula is C26H39N3O6S. The molecule has 1 N–H and O–H groups in total. The summed E-state index contributed by atoms with van der Waals surface area (Å²) in [7, 11) is -3.72. The summed E-state index contributed by atoms with van der Waals surface area (Å²) in [6, 6.07) is 4.70. The zero-order valence-corrected chi connectivity index (χ0v) is 22.2. The number of ether oxygens (including phenoxy) is 2. The normalized spacial score (nSPS) is 25.8. The van der Waals surface area contributed by atoms with Crippen molar-refractivity contribution in [1.29, 1.82) is 0 Å². The molecule has 1 aliphatic carbocycles. The van der Waals surface area contributed by atoms with Gasteiger partial charge in [-0.25, -0.2) is 13.2 Å². The molecule has 10 heteroatoms. The number of carbonyl (C=O) groups excluding carboxylic acids is 2. The van der Waals surface area contributed by atoms with Gasteiger partial charge in [0.05, 0.1) is 29.4 Å². The van der Waals surface area contributed by atoms with Gasteiger partial charge in [-0.15, -0.1) is 0 Å². The third-order valence-electron chi connectivity index (χ3n) is 7.88. The molecule has 3 atom stereocenters. The van der Waals surface area contributed by atoms with Crippen LogP contribution in [0.5, 0.6) is 0 Å². The highest BCUT2D eigenvalue weighted by atomic mass is 32.2. The second-order valence-corrected chi connectivity index (χ2v) is 12.2. The topological polar surface area (TPSA) is 105 Å². The number of anilines is 1. The minimum Gasteiger partial charge on any atom is -0.452 e. The van der Waals surface area contributed by atoms with E-state index in [1.54, 1.807) is 12.1 Å². The maximum Gasteiger partial charge on any atom is 0.340 e. The second-order valence-electron chi connectivity index (χ2n) is 10.3. The Morgan fingerprint density at radius 1 is 1.03 bits per heavy atom. The zero-order chi connectivity index (χ0) is 25.7. The van der Waals surface area contributed by atoms with Crippen molar-refractivity contribution in [2.45, 2.75) is 63.3 Å². The molecule has 200 valence electrons. The van der Waals surface area contributed by atoms with Crippen LogP contribution in [0.2, 0.25) is 0 Å². The van der Waals surface area contributed by atoms with Gasteiger partial charge in [0.15, 0.2) is 6.61 Å². The number of amides is 1. The monoisotopic (exact) mass is 521 g/mol. The highest BCUT2D eigenvalue weighted by Gasteiger charge is 2.30. The number of rotatable bonds is 7. The highest BCUT2D eigenvalue weighted by Crippen LogP contribution is 2.30. The Balaban J connectivity index is 1.50. The molecule has 0 radical (unpaired) electrons. The molecule has 1 saturated carbocycles. The summed E-state index contributed by atoms with van der Waals surface area (Å²) in [6.07, 6.45) is 5.81. The summed E-state index contributed by atoms with van der Waals surface area (Å²) >= 11 is 0. The molecule has 3 fully saturated rings. The summed E-state index contributed by atoms with van der Waals surface area (Å²) in [5.41, 5.74) is 0.749. The Morgan fingerprint density at radius 3 is 2.47 bits per heavy atom. The van der Waals surface area contributed by atoms with Gasteiger partial charge in [0.25, 0.3) is 5.91 Å². The summed E-state index contributed by atoms with van der Waals surface area (Å²) in [4.78, 5) is 27.9. The SMILES string of the molecule is C[C@@H]1[C@H](C)CCC[C@@H]1NC(=O)COC(=O)c1cc(S(=O)(=O)N2CCCCC2)ccc1N1CCOCC1. The molecular weight excluding hydrogens is 482 g/mol. The number of morpholine rings is 1. The van der Waals surface area contributed by atoms with Gasteiger partial charge in [-0.2, -0.15) is 4.31 Å². The third-order valence-corrected chi connectivity index (χ3v) is 9.77. The number of nitrogens with one attached hydrogen (secondary N) is 1. The molecule has 1 aromatic carbocycles. The van der Waals surface area contributed by atoms with Gasteiger partial charge in [0, 0.05) is 32.2 Å². The first-order chi connectivity index (χ1) is 17.3. The largest absolute Gasteiger partial charge is 0.452 e. The van der Waals surface area contributed by atoms with Crippen molar-refractivity contribution in [1.82, 2.24) is 9.62 Å². The predicted molar refractivity (Wildman–Crippen MR) is 136 cm³/mol. The molecule has 3 aliphatic rings. The Bertz CT molecular complexity index is 1030. The minimum absolute atomic E-state index is 0.0712. The van der Waals surface area contributed by atoms with Crippen LogP contribution in [0.15, 0.2) is 23.1 Å². The van der Waals surface area contributed by atoms with E-state index in [0.29, 0.717) is 56.9 Å². The van der Waals surface area contributed by atoms with Crippen LogP contribution in [0.3, 0.4) is 0 Å². The van der Waals surface area contributed by atoms with Crippen LogP contribution in [-0.4, -0.2) is 76.6 Å². The third kappa shape index (κ3) is 6.20. The molecule has 9 nitrogen and oxygen atoms in total. The first-order valence-corrected chi connectivity index (χ1v) is 14.6. The molecule has 0 spiro atoms. The van der Waals surface area contributed by atoms with Crippen molar-refractivity contribution < 1.29 is 27.5 Å². The van der Waals surface area contributed by atoms with Crippen LogP contribution in [0.25, 0.3) is 0 Å². The van der Waals surface area contributed by atoms with Crippen molar-refractivity contribution in [2.24, 2.45) is 11.8 Å². The van der Waals surface area contributed by atoms with Gasteiger partial charge in [-0.1, -0.05) is 33.1 Å². The van der Waals surface area contributed by atoms with Crippen molar-refractivity contribution in [2.75, 3.05) is 50.9 Å². The van der Waals surface area contributed by atoms with E-state index in [-0.39, 0.29) is 22.4 Å². The zero-order valence-electron chi connectivity index (χ0n) is 21.4. The van der Waals surface area contributed by atoms with Gasteiger partial charge >= 0.3 is 5.97 Å². The molecule has 0 aromatic heterocycles. The van der Waals surface area contributed by atoms with E-state index in [1.807, 2.05) is 4.90 Å². The van der Waals surface area contributed by atoms with Gasteiger partial charge in [-0.3, -0.25) is 4.79 Å². The van der Waals surface area contributed by atoms with E-state index < -0.39 is 22.6 Å². The average molecular weight is 522 g/mol. The van der Waals surface area contributed by atoms with Crippen LogP contribution < -0.4 is 10.2 Å². The molecule has 0 bridgehead atoms. The molecule has 0 unspecified atom stereocenters. The lowest BCUT2D eigenvalue weighted by Crippen LogP contribution is -2.45. The van der Waals surface area contributed by atoms with E-state index in [9.17, 15) is 18.0 Å². The quantitative estimate of drug-likeness (QED) is 0.550. The average Bonchev–Trinajstić information content (AvgIpc) is 2.90. The number of carbonyl (C=O) groups is 2. The van der Waals surface area contributed by atoms with Gasteiger partial charge in [0.1, 0.15) is 0 Å². The fraction of sp³-hybridized carbons (Fsp3) is 0.692. The van der Waals surface area contributed by atoms with E-state index in [0.717, 1.165) is 38.5 Å². The molecule has 2 aliphatic heterocycles. The van der Waals surface area contributed by atoms with Crippen molar-refractivity contribution in [3.63, 3.8) is 0 Å². The molecule has 1 aromatic rings. The van der Waals surface area contributed by atoms with Crippen LogP contribution in [-0.2, 0) is 24.3 Å². The number of nitrogens with zero attached hydrogens (tertiary/aromatic N) is 2. The van der Waals surface area contributed by atoms with Crippen molar-refractivity contribution in [3.05, 3.63) is 23.8 Å². The minimum atomic E-state index is -3.72. The van der Waals surface area contributed by atoms with Gasteiger partial charge in [0.2, 0.25) is 10.0 Å². The maximum absolute atomic E-state index is 13.3. The maximum atomic E-state index is 13.3. The first-order valence-electron chi connectivity index (χ1n) is 13.2. The standard InChI is InChI=1S/C26H39N3O6S/c1-19-7-6-8-23(20(19)2)27-25(30)18-35-26(31)22-17-21(36(32,33)29-11-4-3-5-12-29)9-10-24(22)28-13-15-34-16-14-28/h9-10,17,19-20,23H,3-8,11-16,18H2,1-2H3,(H,27,30)/t19-,20-,23+/m1/s1.